The summed E-state index contributed by atoms with van der Waals surface area (Å²) in [6.45, 7) is 0. The van der Waals surface area contributed by atoms with E-state index in [9.17, 15) is 10.1 Å². The minimum Gasteiger partial charge on any atom is -0.495 e. The maximum atomic E-state index is 12.2. The number of ether oxygens (including phenoxy) is 1. The Balaban J connectivity index is 2.27. The van der Waals surface area contributed by atoms with Crippen LogP contribution in [0, 0.1) is 11.3 Å². The summed E-state index contributed by atoms with van der Waals surface area (Å²) < 4.78 is 5.16. The molecule has 110 valence electrons. The first-order valence-corrected chi connectivity index (χ1v) is 6.84. The van der Waals surface area contributed by atoms with Crippen LogP contribution in [0.2, 0.25) is 5.02 Å². The molecule has 0 saturated heterocycles. The van der Waals surface area contributed by atoms with Crippen LogP contribution in [0.5, 0.6) is 5.75 Å². The summed E-state index contributed by atoms with van der Waals surface area (Å²) in [7, 11) is 1.51. The van der Waals surface area contributed by atoms with Crippen molar-refractivity contribution in [3.05, 3.63) is 64.7 Å². The molecule has 0 saturated carbocycles. The molecule has 5 heteroatoms. The maximum Gasteiger partial charge on any atom is 0.266 e. The zero-order chi connectivity index (χ0) is 15.9. The lowest BCUT2D eigenvalue weighted by atomic mass is 10.1. The van der Waals surface area contributed by atoms with Gasteiger partial charge < -0.3 is 10.1 Å². The monoisotopic (exact) mass is 312 g/mol. The first-order chi connectivity index (χ1) is 10.7. The molecule has 0 aliphatic carbocycles. The molecule has 0 aliphatic rings. The molecule has 1 N–H and O–H groups in total. The number of carbonyl (C=O) groups excluding carboxylic acids is 1. The lowest BCUT2D eigenvalue weighted by Crippen LogP contribution is -2.14. The first kappa shape index (κ1) is 15.6. The van der Waals surface area contributed by atoms with Crippen LogP contribution in [-0.2, 0) is 4.79 Å². The third kappa shape index (κ3) is 3.66. The average molecular weight is 313 g/mol. The van der Waals surface area contributed by atoms with E-state index in [0.29, 0.717) is 22.0 Å². The van der Waals surface area contributed by atoms with E-state index in [0.717, 1.165) is 0 Å². The van der Waals surface area contributed by atoms with Crippen LogP contribution < -0.4 is 10.1 Å². The maximum absolute atomic E-state index is 12.2. The number of nitriles is 1. The van der Waals surface area contributed by atoms with E-state index in [-0.39, 0.29) is 5.57 Å². The third-order valence-corrected chi connectivity index (χ3v) is 3.27. The van der Waals surface area contributed by atoms with Crippen molar-refractivity contribution in [1.82, 2.24) is 0 Å². The van der Waals surface area contributed by atoms with Gasteiger partial charge in [-0.15, -0.1) is 0 Å². The van der Waals surface area contributed by atoms with Crippen LogP contribution in [0.3, 0.4) is 0 Å². The van der Waals surface area contributed by atoms with E-state index < -0.39 is 5.91 Å². The second-order valence-corrected chi connectivity index (χ2v) is 4.75. The second-order valence-electron chi connectivity index (χ2n) is 4.35. The van der Waals surface area contributed by atoms with Crippen molar-refractivity contribution in [2.45, 2.75) is 0 Å². The minimum atomic E-state index is -0.521. The van der Waals surface area contributed by atoms with Gasteiger partial charge in [0.05, 0.1) is 12.8 Å². The van der Waals surface area contributed by atoms with Crippen molar-refractivity contribution in [2.75, 3.05) is 12.4 Å². The number of rotatable bonds is 4. The van der Waals surface area contributed by atoms with Gasteiger partial charge in [0.2, 0.25) is 0 Å². The number of anilines is 1. The summed E-state index contributed by atoms with van der Waals surface area (Å²) in [4.78, 5) is 12.2. The van der Waals surface area contributed by atoms with Crippen LogP contribution in [0.4, 0.5) is 5.69 Å². The summed E-state index contributed by atoms with van der Waals surface area (Å²) in [6, 6.07) is 15.8. The predicted molar refractivity (Wildman–Crippen MR) is 86.7 cm³/mol. The Morgan fingerprint density at radius 1 is 1.23 bits per heavy atom. The number of carbonyl (C=O) groups is 1. The molecule has 0 unspecified atom stereocenters. The molecular formula is C17H13ClN2O2. The Morgan fingerprint density at radius 3 is 2.59 bits per heavy atom. The highest BCUT2D eigenvalue weighted by Crippen LogP contribution is 2.24. The van der Waals surface area contributed by atoms with Gasteiger partial charge in [-0.05, 0) is 29.8 Å². The summed E-state index contributed by atoms with van der Waals surface area (Å²) in [5.41, 5.74) is 1.06. The lowest BCUT2D eigenvalue weighted by molar-refractivity contribution is -0.112. The molecular weight excluding hydrogens is 300 g/mol. The van der Waals surface area contributed by atoms with Gasteiger partial charge in [-0.2, -0.15) is 5.26 Å². The molecule has 1 amide bonds. The topological polar surface area (TPSA) is 62.1 Å². The fourth-order valence-electron chi connectivity index (χ4n) is 1.83. The summed E-state index contributed by atoms with van der Waals surface area (Å²) in [6.07, 6.45) is 1.45. The van der Waals surface area contributed by atoms with E-state index in [2.05, 4.69) is 5.32 Å². The number of nitrogens with one attached hydrogen (secondary N) is 1. The van der Waals surface area contributed by atoms with Crippen molar-refractivity contribution < 1.29 is 9.53 Å². The molecule has 4 nitrogen and oxygen atoms in total. The SMILES string of the molecule is COc1ccccc1NC(=O)/C(C#N)=C\c1ccccc1Cl. The molecule has 0 radical (unpaired) electrons. The zero-order valence-electron chi connectivity index (χ0n) is 11.8. The molecule has 2 rings (SSSR count). The van der Waals surface area contributed by atoms with Gasteiger partial charge in [-0.3, -0.25) is 4.79 Å². The highest BCUT2D eigenvalue weighted by Gasteiger charge is 2.12. The highest BCUT2D eigenvalue weighted by molar-refractivity contribution is 6.32. The van der Waals surface area contributed by atoms with Gasteiger partial charge in [0.15, 0.2) is 0 Å². The number of methoxy groups -OCH3 is 1. The molecule has 0 heterocycles. The highest BCUT2D eigenvalue weighted by atomic mass is 35.5. The molecule has 22 heavy (non-hydrogen) atoms. The Morgan fingerprint density at radius 2 is 1.91 bits per heavy atom. The van der Waals surface area contributed by atoms with Crippen LogP contribution in [0.1, 0.15) is 5.56 Å². The van der Waals surface area contributed by atoms with E-state index >= 15 is 0 Å². The first-order valence-electron chi connectivity index (χ1n) is 6.46. The molecule has 0 spiro atoms. The smallest absolute Gasteiger partial charge is 0.266 e. The predicted octanol–water partition coefficient (Wildman–Crippen LogP) is 3.89. The Labute approximate surface area is 133 Å². The van der Waals surface area contributed by atoms with Gasteiger partial charge in [0.1, 0.15) is 17.4 Å². The van der Waals surface area contributed by atoms with Crippen LogP contribution in [-0.4, -0.2) is 13.0 Å². The molecule has 0 fully saturated rings. The average Bonchev–Trinajstić information content (AvgIpc) is 2.54. The number of amides is 1. The summed E-state index contributed by atoms with van der Waals surface area (Å²) >= 11 is 6.03. The molecule has 0 bridgehead atoms. The number of hydrogen-bond donors (Lipinski definition) is 1. The second kappa shape index (κ2) is 7.30. The van der Waals surface area contributed by atoms with Gasteiger partial charge >= 0.3 is 0 Å². The normalized spacial score (nSPS) is 10.7. The van der Waals surface area contributed by atoms with E-state index in [1.165, 1.54) is 13.2 Å². The quantitative estimate of drug-likeness (QED) is 0.688. The van der Waals surface area contributed by atoms with E-state index in [1.54, 1.807) is 48.5 Å². The van der Waals surface area contributed by atoms with E-state index in [4.69, 9.17) is 16.3 Å². The minimum absolute atomic E-state index is 0.0426. The number of benzene rings is 2. The fraction of sp³-hybridized carbons (Fsp3) is 0.0588. The Bertz CT molecular complexity index is 763. The van der Waals surface area contributed by atoms with Crippen molar-refractivity contribution >= 4 is 29.3 Å². The molecule has 0 aromatic heterocycles. The number of hydrogen-bond acceptors (Lipinski definition) is 3. The van der Waals surface area contributed by atoms with Crippen molar-refractivity contribution in [3.8, 4) is 11.8 Å². The van der Waals surface area contributed by atoms with Crippen molar-refractivity contribution in [1.29, 1.82) is 5.26 Å². The lowest BCUT2D eigenvalue weighted by Gasteiger charge is -2.09. The summed E-state index contributed by atoms with van der Waals surface area (Å²) in [5, 5.41) is 12.3. The molecule has 2 aromatic rings. The zero-order valence-corrected chi connectivity index (χ0v) is 12.6. The van der Waals surface area contributed by atoms with Crippen molar-refractivity contribution in [3.63, 3.8) is 0 Å². The van der Waals surface area contributed by atoms with Crippen molar-refractivity contribution in [2.24, 2.45) is 0 Å². The van der Waals surface area contributed by atoms with Gasteiger partial charge in [-0.1, -0.05) is 41.9 Å². The van der Waals surface area contributed by atoms with Crippen LogP contribution in [0.15, 0.2) is 54.1 Å². The Hall–Kier alpha value is -2.77. The fourth-order valence-corrected chi connectivity index (χ4v) is 2.02. The van der Waals surface area contributed by atoms with Gasteiger partial charge in [0.25, 0.3) is 5.91 Å². The number of nitrogens with zero attached hydrogens (tertiary/aromatic N) is 1. The molecule has 2 aromatic carbocycles. The summed E-state index contributed by atoms with van der Waals surface area (Å²) in [5.74, 6) is -0.00203. The largest absolute Gasteiger partial charge is 0.495 e. The number of para-hydroxylation sites is 2. The molecule has 0 aliphatic heterocycles. The van der Waals surface area contributed by atoms with Crippen LogP contribution in [0.25, 0.3) is 6.08 Å². The third-order valence-electron chi connectivity index (χ3n) is 2.93. The van der Waals surface area contributed by atoms with E-state index in [1.807, 2.05) is 6.07 Å². The van der Waals surface area contributed by atoms with Gasteiger partial charge in [0, 0.05) is 5.02 Å². The number of halogens is 1. The Kier molecular flexibility index (Phi) is 5.18. The molecule has 0 atom stereocenters. The van der Waals surface area contributed by atoms with Gasteiger partial charge in [-0.25, -0.2) is 0 Å². The van der Waals surface area contributed by atoms with Crippen LogP contribution >= 0.6 is 11.6 Å². The standard InChI is InChI=1S/C17H13ClN2O2/c1-22-16-9-5-4-8-15(16)20-17(21)13(11-19)10-12-6-2-3-7-14(12)18/h2-10H,1H3,(H,20,21)/b13-10-.